The SMILES string of the molecule is CCc1cccc(CC)c1NC(=O)/C=C/c1ccc(OC)c(F)c1. The quantitative estimate of drug-likeness (QED) is 0.787. The minimum atomic E-state index is -0.454. The third kappa shape index (κ3) is 4.22. The highest BCUT2D eigenvalue weighted by Crippen LogP contribution is 2.23. The molecule has 0 heterocycles. The summed E-state index contributed by atoms with van der Waals surface area (Å²) in [6.45, 7) is 4.11. The average molecular weight is 327 g/mol. The number of anilines is 1. The number of ether oxygens (including phenoxy) is 1. The Bertz CT molecular complexity index is 731. The molecule has 2 aromatic carbocycles. The summed E-state index contributed by atoms with van der Waals surface area (Å²) in [4.78, 5) is 12.2. The number of hydrogen-bond donors (Lipinski definition) is 1. The van der Waals surface area contributed by atoms with Gasteiger partial charge in [-0.1, -0.05) is 38.1 Å². The van der Waals surface area contributed by atoms with Gasteiger partial charge in [0.2, 0.25) is 5.91 Å². The predicted molar refractivity (Wildman–Crippen MR) is 95.8 cm³/mol. The second kappa shape index (κ2) is 8.29. The third-order valence-electron chi connectivity index (χ3n) is 3.85. The molecule has 0 fully saturated rings. The van der Waals surface area contributed by atoms with E-state index in [0.717, 1.165) is 29.7 Å². The van der Waals surface area contributed by atoms with Crippen LogP contribution in [0.1, 0.15) is 30.5 Å². The second-order valence-corrected chi connectivity index (χ2v) is 5.37. The molecule has 0 bridgehead atoms. The van der Waals surface area contributed by atoms with E-state index in [-0.39, 0.29) is 11.7 Å². The maximum absolute atomic E-state index is 13.7. The minimum Gasteiger partial charge on any atom is -0.494 e. The molecule has 0 aliphatic rings. The molecule has 24 heavy (non-hydrogen) atoms. The Labute approximate surface area is 142 Å². The van der Waals surface area contributed by atoms with Gasteiger partial charge in [0, 0.05) is 11.8 Å². The van der Waals surface area contributed by atoms with Gasteiger partial charge in [0.1, 0.15) is 0 Å². The topological polar surface area (TPSA) is 38.3 Å². The van der Waals surface area contributed by atoms with Gasteiger partial charge in [-0.2, -0.15) is 0 Å². The molecule has 1 amide bonds. The highest BCUT2D eigenvalue weighted by atomic mass is 19.1. The number of carbonyl (C=O) groups excluding carboxylic acids is 1. The normalized spacial score (nSPS) is 10.8. The summed E-state index contributed by atoms with van der Waals surface area (Å²) in [5, 5.41) is 2.94. The summed E-state index contributed by atoms with van der Waals surface area (Å²) < 4.78 is 18.5. The molecule has 0 aliphatic carbocycles. The van der Waals surface area contributed by atoms with E-state index in [2.05, 4.69) is 19.2 Å². The molecular formula is C20H22FNO2. The molecule has 3 nitrogen and oxygen atoms in total. The molecule has 0 atom stereocenters. The first-order valence-electron chi connectivity index (χ1n) is 8.02. The fourth-order valence-corrected chi connectivity index (χ4v) is 2.53. The van der Waals surface area contributed by atoms with Crippen molar-refractivity contribution in [2.24, 2.45) is 0 Å². The first-order valence-corrected chi connectivity index (χ1v) is 8.02. The molecule has 0 saturated carbocycles. The van der Waals surface area contributed by atoms with Gasteiger partial charge in [-0.25, -0.2) is 4.39 Å². The number of halogens is 1. The van der Waals surface area contributed by atoms with Gasteiger partial charge in [-0.05, 0) is 47.7 Å². The van der Waals surface area contributed by atoms with Crippen LogP contribution in [0.5, 0.6) is 5.75 Å². The Hall–Kier alpha value is -2.62. The van der Waals surface area contributed by atoms with Crippen molar-refractivity contribution in [3.8, 4) is 5.75 Å². The lowest BCUT2D eigenvalue weighted by Gasteiger charge is -2.13. The van der Waals surface area contributed by atoms with E-state index in [0.29, 0.717) is 5.56 Å². The Morgan fingerprint density at radius 3 is 2.38 bits per heavy atom. The van der Waals surface area contributed by atoms with Gasteiger partial charge in [0.05, 0.1) is 7.11 Å². The molecule has 0 aliphatic heterocycles. The molecule has 0 radical (unpaired) electrons. The number of aryl methyl sites for hydroxylation is 2. The Balaban J connectivity index is 2.15. The number of amides is 1. The van der Waals surface area contributed by atoms with Crippen molar-refractivity contribution in [2.45, 2.75) is 26.7 Å². The number of rotatable bonds is 6. The van der Waals surface area contributed by atoms with E-state index >= 15 is 0 Å². The van der Waals surface area contributed by atoms with Crippen molar-refractivity contribution in [2.75, 3.05) is 12.4 Å². The first kappa shape index (κ1) is 17.7. The maximum Gasteiger partial charge on any atom is 0.248 e. The molecule has 0 saturated heterocycles. The molecule has 4 heteroatoms. The van der Waals surface area contributed by atoms with Crippen LogP contribution in [0.15, 0.2) is 42.5 Å². The van der Waals surface area contributed by atoms with Gasteiger partial charge in [-0.3, -0.25) is 4.79 Å². The number of carbonyl (C=O) groups is 1. The Morgan fingerprint density at radius 2 is 1.83 bits per heavy atom. The second-order valence-electron chi connectivity index (χ2n) is 5.37. The largest absolute Gasteiger partial charge is 0.494 e. The molecule has 0 spiro atoms. The van der Waals surface area contributed by atoms with Crippen molar-refractivity contribution in [1.29, 1.82) is 0 Å². The van der Waals surface area contributed by atoms with Crippen LogP contribution in [0.3, 0.4) is 0 Å². The summed E-state index contributed by atoms with van der Waals surface area (Å²) in [6, 6.07) is 10.6. The van der Waals surface area contributed by atoms with E-state index in [1.807, 2.05) is 18.2 Å². The zero-order chi connectivity index (χ0) is 17.5. The lowest BCUT2D eigenvalue weighted by molar-refractivity contribution is -0.111. The minimum absolute atomic E-state index is 0.182. The van der Waals surface area contributed by atoms with E-state index in [4.69, 9.17) is 4.74 Å². The van der Waals surface area contributed by atoms with Crippen LogP contribution in [0.2, 0.25) is 0 Å². The van der Waals surface area contributed by atoms with Crippen LogP contribution in [0.4, 0.5) is 10.1 Å². The summed E-state index contributed by atoms with van der Waals surface area (Å²) >= 11 is 0. The Kier molecular flexibility index (Phi) is 6.13. The lowest BCUT2D eigenvalue weighted by Crippen LogP contribution is -2.11. The molecule has 0 unspecified atom stereocenters. The predicted octanol–water partition coefficient (Wildman–Crippen LogP) is 4.61. The molecular weight excluding hydrogens is 305 g/mol. The van der Waals surface area contributed by atoms with Crippen molar-refractivity contribution < 1.29 is 13.9 Å². The van der Waals surface area contributed by atoms with E-state index < -0.39 is 5.82 Å². The Morgan fingerprint density at radius 1 is 1.17 bits per heavy atom. The fraction of sp³-hybridized carbons (Fsp3) is 0.250. The molecule has 0 aromatic heterocycles. The summed E-state index contributed by atoms with van der Waals surface area (Å²) in [7, 11) is 1.41. The number of benzene rings is 2. The van der Waals surface area contributed by atoms with Gasteiger partial charge < -0.3 is 10.1 Å². The fourth-order valence-electron chi connectivity index (χ4n) is 2.53. The van der Waals surface area contributed by atoms with Crippen LogP contribution in [0.25, 0.3) is 6.08 Å². The number of para-hydroxylation sites is 1. The smallest absolute Gasteiger partial charge is 0.248 e. The van der Waals surface area contributed by atoms with Gasteiger partial charge in [-0.15, -0.1) is 0 Å². The van der Waals surface area contributed by atoms with Crippen LogP contribution in [-0.4, -0.2) is 13.0 Å². The highest BCUT2D eigenvalue weighted by Gasteiger charge is 2.08. The van der Waals surface area contributed by atoms with Crippen molar-refractivity contribution in [3.63, 3.8) is 0 Å². The standard InChI is InChI=1S/C20H22FNO2/c1-4-15-7-6-8-16(5-2)20(15)22-19(23)12-10-14-9-11-18(24-3)17(21)13-14/h6-13H,4-5H2,1-3H3,(H,22,23)/b12-10+. The highest BCUT2D eigenvalue weighted by molar-refractivity contribution is 6.02. The molecule has 2 rings (SSSR count). The molecule has 1 N–H and O–H groups in total. The van der Waals surface area contributed by atoms with E-state index in [1.165, 1.54) is 25.3 Å². The van der Waals surface area contributed by atoms with Crippen molar-refractivity contribution in [1.82, 2.24) is 0 Å². The van der Waals surface area contributed by atoms with Crippen LogP contribution in [0, 0.1) is 5.82 Å². The van der Waals surface area contributed by atoms with Crippen molar-refractivity contribution in [3.05, 3.63) is 65.0 Å². The monoisotopic (exact) mass is 327 g/mol. The van der Waals surface area contributed by atoms with Gasteiger partial charge >= 0.3 is 0 Å². The average Bonchev–Trinajstić information content (AvgIpc) is 2.60. The molecule has 2 aromatic rings. The summed E-state index contributed by atoms with van der Waals surface area (Å²) in [5.41, 5.74) is 3.68. The number of hydrogen-bond acceptors (Lipinski definition) is 2. The summed E-state index contributed by atoms with van der Waals surface area (Å²) in [5.74, 6) is -0.507. The van der Waals surface area contributed by atoms with E-state index in [1.54, 1.807) is 12.1 Å². The van der Waals surface area contributed by atoms with Crippen molar-refractivity contribution >= 4 is 17.7 Å². The maximum atomic E-state index is 13.7. The van der Waals surface area contributed by atoms with Crippen LogP contribution >= 0.6 is 0 Å². The zero-order valence-electron chi connectivity index (χ0n) is 14.2. The molecule has 126 valence electrons. The van der Waals surface area contributed by atoms with Gasteiger partial charge in [0.15, 0.2) is 11.6 Å². The van der Waals surface area contributed by atoms with Crippen LogP contribution < -0.4 is 10.1 Å². The van der Waals surface area contributed by atoms with Gasteiger partial charge in [0.25, 0.3) is 0 Å². The van der Waals surface area contributed by atoms with E-state index in [9.17, 15) is 9.18 Å². The number of nitrogens with one attached hydrogen (secondary N) is 1. The number of methoxy groups -OCH3 is 1. The lowest BCUT2D eigenvalue weighted by atomic mass is 10.0. The third-order valence-corrected chi connectivity index (χ3v) is 3.85. The summed E-state index contributed by atoms with van der Waals surface area (Å²) in [6.07, 6.45) is 4.68. The first-order chi connectivity index (χ1) is 11.6. The van der Waals surface area contributed by atoms with Crippen LogP contribution in [-0.2, 0) is 17.6 Å². The zero-order valence-corrected chi connectivity index (χ0v) is 14.2.